The fourth-order valence-electron chi connectivity index (χ4n) is 4.39. The number of fused-ring (bicyclic) bond motifs is 1. The first-order valence-electron chi connectivity index (χ1n) is 9.34. The molecule has 0 spiro atoms. The molecule has 0 unspecified atom stereocenters. The Labute approximate surface area is 145 Å². The molecule has 4 heteroatoms. The molecular formula is C20H28N4. The highest BCUT2D eigenvalue weighted by molar-refractivity contribution is 5.17. The van der Waals surface area contributed by atoms with E-state index in [0.29, 0.717) is 6.04 Å². The molecule has 4 nitrogen and oxygen atoms in total. The first-order chi connectivity index (χ1) is 11.8. The zero-order valence-corrected chi connectivity index (χ0v) is 14.6. The standard InChI is InChI=1S/C20H28N4/c1-2-22-16-21-12-20(22)15-24-13-18-9-6-10-23(18)14-19(24)11-17-7-4-3-5-8-17/h3-5,7-8,12,16,18-19H,2,6,9-11,13-15H2,1H3/t18-,19-/m0/s1. The van der Waals surface area contributed by atoms with Gasteiger partial charge in [-0.3, -0.25) is 9.80 Å². The molecular weight excluding hydrogens is 296 g/mol. The zero-order valence-electron chi connectivity index (χ0n) is 14.6. The molecule has 0 bridgehead atoms. The zero-order chi connectivity index (χ0) is 16.4. The molecule has 2 aliphatic heterocycles. The Morgan fingerprint density at radius 2 is 2.04 bits per heavy atom. The largest absolute Gasteiger partial charge is 0.334 e. The van der Waals surface area contributed by atoms with Crippen LogP contribution in [0.1, 0.15) is 31.0 Å². The molecule has 0 amide bonds. The predicted molar refractivity (Wildman–Crippen MR) is 96.8 cm³/mol. The van der Waals surface area contributed by atoms with Crippen molar-refractivity contribution in [2.75, 3.05) is 19.6 Å². The summed E-state index contributed by atoms with van der Waals surface area (Å²) in [5.74, 6) is 0. The van der Waals surface area contributed by atoms with Gasteiger partial charge in [0, 0.05) is 44.5 Å². The molecule has 2 saturated heterocycles. The van der Waals surface area contributed by atoms with Crippen LogP contribution in [0.3, 0.4) is 0 Å². The van der Waals surface area contributed by atoms with E-state index >= 15 is 0 Å². The van der Waals surface area contributed by atoms with Crippen LogP contribution in [0.15, 0.2) is 42.9 Å². The second-order valence-corrected chi connectivity index (χ2v) is 7.23. The molecule has 2 aromatic rings. The third kappa shape index (κ3) is 3.26. The topological polar surface area (TPSA) is 24.3 Å². The van der Waals surface area contributed by atoms with Gasteiger partial charge in [-0.05, 0) is 38.3 Å². The van der Waals surface area contributed by atoms with Crippen LogP contribution in [-0.4, -0.2) is 51.1 Å². The minimum atomic E-state index is 0.599. The average Bonchev–Trinajstić information content (AvgIpc) is 3.24. The summed E-state index contributed by atoms with van der Waals surface area (Å²) in [6, 6.07) is 12.3. The predicted octanol–water partition coefficient (Wildman–Crippen LogP) is 2.79. The maximum absolute atomic E-state index is 4.36. The molecule has 2 aliphatic rings. The number of hydrogen-bond acceptors (Lipinski definition) is 3. The van der Waals surface area contributed by atoms with Crippen molar-refractivity contribution in [1.82, 2.24) is 19.4 Å². The average molecular weight is 324 g/mol. The van der Waals surface area contributed by atoms with Crippen LogP contribution in [0.5, 0.6) is 0 Å². The van der Waals surface area contributed by atoms with Crippen LogP contribution in [0.25, 0.3) is 0 Å². The summed E-state index contributed by atoms with van der Waals surface area (Å²) < 4.78 is 2.28. The number of nitrogens with zero attached hydrogens (tertiary/aromatic N) is 4. The minimum Gasteiger partial charge on any atom is -0.334 e. The molecule has 0 radical (unpaired) electrons. The van der Waals surface area contributed by atoms with Crippen molar-refractivity contribution < 1.29 is 0 Å². The van der Waals surface area contributed by atoms with Gasteiger partial charge < -0.3 is 4.57 Å². The van der Waals surface area contributed by atoms with Gasteiger partial charge in [0.2, 0.25) is 0 Å². The summed E-state index contributed by atoms with van der Waals surface area (Å²) in [4.78, 5) is 9.79. The third-order valence-corrected chi connectivity index (χ3v) is 5.72. The van der Waals surface area contributed by atoms with Crippen molar-refractivity contribution in [2.24, 2.45) is 0 Å². The number of aryl methyl sites for hydroxylation is 1. The molecule has 4 rings (SSSR count). The Kier molecular flexibility index (Phi) is 4.67. The smallest absolute Gasteiger partial charge is 0.0948 e. The fourth-order valence-corrected chi connectivity index (χ4v) is 4.39. The molecule has 2 atom stereocenters. The first-order valence-corrected chi connectivity index (χ1v) is 9.34. The third-order valence-electron chi connectivity index (χ3n) is 5.72. The van der Waals surface area contributed by atoms with Crippen molar-refractivity contribution >= 4 is 0 Å². The molecule has 3 heterocycles. The molecule has 0 N–H and O–H groups in total. The summed E-state index contributed by atoms with van der Waals surface area (Å²) >= 11 is 0. The highest BCUT2D eigenvalue weighted by Crippen LogP contribution is 2.27. The second-order valence-electron chi connectivity index (χ2n) is 7.23. The summed E-state index contributed by atoms with van der Waals surface area (Å²) in [5.41, 5.74) is 2.80. The summed E-state index contributed by atoms with van der Waals surface area (Å²) in [6.45, 7) is 7.92. The van der Waals surface area contributed by atoms with Crippen molar-refractivity contribution in [3.05, 3.63) is 54.1 Å². The van der Waals surface area contributed by atoms with Crippen molar-refractivity contribution in [2.45, 2.75) is 51.4 Å². The van der Waals surface area contributed by atoms with Gasteiger partial charge in [0.25, 0.3) is 0 Å². The monoisotopic (exact) mass is 324 g/mol. The molecule has 128 valence electrons. The highest BCUT2D eigenvalue weighted by Gasteiger charge is 2.36. The lowest BCUT2D eigenvalue weighted by Gasteiger charge is -2.44. The van der Waals surface area contributed by atoms with Gasteiger partial charge >= 0.3 is 0 Å². The van der Waals surface area contributed by atoms with E-state index in [4.69, 9.17) is 0 Å². The molecule has 1 aromatic heterocycles. The number of benzene rings is 1. The number of aromatic nitrogens is 2. The summed E-state index contributed by atoms with van der Waals surface area (Å²) in [7, 11) is 0. The van der Waals surface area contributed by atoms with Gasteiger partial charge in [0.05, 0.1) is 12.0 Å². The van der Waals surface area contributed by atoms with Gasteiger partial charge in [0.15, 0.2) is 0 Å². The van der Waals surface area contributed by atoms with Crippen molar-refractivity contribution in [3.63, 3.8) is 0 Å². The van der Waals surface area contributed by atoms with E-state index in [1.807, 2.05) is 12.5 Å². The Morgan fingerprint density at radius 1 is 1.17 bits per heavy atom. The van der Waals surface area contributed by atoms with E-state index < -0.39 is 0 Å². The number of imidazole rings is 1. The van der Waals surface area contributed by atoms with Crippen LogP contribution in [0.4, 0.5) is 0 Å². The van der Waals surface area contributed by atoms with Crippen LogP contribution in [0, 0.1) is 0 Å². The lowest BCUT2D eigenvalue weighted by molar-refractivity contribution is 0.0440. The van der Waals surface area contributed by atoms with Gasteiger partial charge in [-0.15, -0.1) is 0 Å². The normalized spacial score (nSPS) is 25.0. The quantitative estimate of drug-likeness (QED) is 0.845. The van der Waals surface area contributed by atoms with E-state index in [0.717, 1.165) is 25.6 Å². The van der Waals surface area contributed by atoms with Crippen molar-refractivity contribution in [3.8, 4) is 0 Å². The Balaban J connectivity index is 1.53. The molecule has 24 heavy (non-hydrogen) atoms. The van der Waals surface area contributed by atoms with Crippen molar-refractivity contribution in [1.29, 1.82) is 0 Å². The number of piperazine rings is 1. The second kappa shape index (κ2) is 7.08. The van der Waals surface area contributed by atoms with Gasteiger partial charge in [-0.1, -0.05) is 30.3 Å². The Hall–Kier alpha value is -1.65. The lowest BCUT2D eigenvalue weighted by atomic mass is 9.99. The molecule has 0 saturated carbocycles. The fraction of sp³-hybridized carbons (Fsp3) is 0.550. The SMILES string of the molecule is CCn1cncc1CN1C[C@@H]2CCCN2C[C@@H]1Cc1ccccc1. The van der Waals surface area contributed by atoms with Crippen LogP contribution in [-0.2, 0) is 19.5 Å². The maximum atomic E-state index is 4.36. The number of hydrogen-bond donors (Lipinski definition) is 0. The minimum absolute atomic E-state index is 0.599. The molecule has 2 fully saturated rings. The highest BCUT2D eigenvalue weighted by atomic mass is 15.3. The Bertz CT molecular complexity index is 651. The molecule has 1 aromatic carbocycles. The summed E-state index contributed by atoms with van der Waals surface area (Å²) in [6.07, 6.45) is 7.88. The van der Waals surface area contributed by atoms with Crippen LogP contribution >= 0.6 is 0 Å². The van der Waals surface area contributed by atoms with E-state index in [9.17, 15) is 0 Å². The van der Waals surface area contributed by atoms with E-state index in [-0.39, 0.29) is 0 Å². The Morgan fingerprint density at radius 3 is 2.88 bits per heavy atom. The van der Waals surface area contributed by atoms with Gasteiger partial charge in [-0.2, -0.15) is 0 Å². The van der Waals surface area contributed by atoms with Gasteiger partial charge in [0.1, 0.15) is 0 Å². The first kappa shape index (κ1) is 15.9. The van der Waals surface area contributed by atoms with E-state index in [1.54, 1.807) is 0 Å². The lowest BCUT2D eigenvalue weighted by Crippen LogP contribution is -2.56. The molecule has 0 aliphatic carbocycles. The maximum Gasteiger partial charge on any atom is 0.0948 e. The van der Waals surface area contributed by atoms with Gasteiger partial charge in [-0.25, -0.2) is 4.98 Å². The summed E-state index contributed by atoms with van der Waals surface area (Å²) in [5, 5.41) is 0. The van der Waals surface area contributed by atoms with Crippen LogP contribution < -0.4 is 0 Å². The van der Waals surface area contributed by atoms with Crippen LogP contribution in [0.2, 0.25) is 0 Å². The van der Waals surface area contributed by atoms with E-state index in [1.165, 1.54) is 43.7 Å². The number of rotatable bonds is 5. The van der Waals surface area contributed by atoms with E-state index in [2.05, 4.69) is 56.6 Å².